The number of nitrogens with zero attached hydrogens (tertiary/aromatic N) is 3. The number of hydrogen-bond acceptors (Lipinski definition) is 6. The topological polar surface area (TPSA) is 86.0 Å². The first kappa shape index (κ1) is 16.5. The third-order valence-corrected chi connectivity index (χ3v) is 4.70. The monoisotopic (exact) mass is 435 g/mol. The molecule has 1 saturated carbocycles. The molecule has 0 radical (unpaired) electrons. The van der Waals surface area contributed by atoms with Crippen molar-refractivity contribution >= 4 is 45.3 Å². The summed E-state index contributed by atoms with van der Waals surface area (Å²) < 4.78 is 29.9. The summed E-state index contributed by atoms with van der Waals surface area (Å²) in [6, 6.07) is 0.154. The van der Waals surface area contributed by atoms with Gasteiger partial charge >= 0.3 is 6.61 Å². The molecule has 0 saturated heterocycles. The Morgan fingerprint density at radius 3 is 2.65 bits per heavy atom. The number of pyridine rings is 1. The minimum atomic E-state index is -2.70. The zero-order valence-corrected chi connectivity index (χ0v) is 14.3. The summed E-state index contributed by atoms with van der Waals surface area (Å²) in [6.45, 7) is -2.70. The standard InChI is InChI=1S/C14H16F2IN5O/c15-13(16)23-8-3-1-7(2-4-8)21-14-20-5-9-11(22-14)10(17)6-19-12(9)18/h5-8,13H,1-4H2,(H2,18,19)(H,20,21,22). The molecule has 6 nitrogen and oxygen atoms in total. The lowest BCUT2D eigenvalue weighted by atomic mass is 9.93. The van der Waals surface area contributed by atoms with Gasteiger partial charge in [0.2, 0.25) is 5.95 Å². The van der Waals surface area contributed by atoms with Crippen LogP contribution in [0.5, 0.6) is 0 Å². The van der Waals surface area contributed by atoms with Crippen LogP contribution in [0.15, 0.2) is 12.4 Å². The van der Waals surface area contributed by atoms with E-state index < -0.39 is 6.61 Å². The van der Waals surface area contributed by atoms with E-state index >= 15 is 0 Å². The maximum absolute atomic E-state index is 12.2. The number of ether oxygens (including phenoxy) is 1. The third kappa shape index (κ3) is 3.94. The molecule has 9 heteroatoms. The number of nitrogen functional groups attached to an aromatic ring is 1. The van der Waals surface area contributed by atoms with Crippen LogP contribution in [0, 0.1) is 3.57 Å². The van der Waals surface area contributed by atoms with Crippen molar-refractivity contribution in [1.29, 1.82) is 0 Å². The molecule has 0 bridgehead atoms. The van der Waals surface area contributed by atoms with Gasteiger partial charge in [-0.05, 0) is 48.3 Å². The SMILES string of the molecule is Nc1ncc(I)c2nc(NC3CCC(OC(F)F)CC3)ncc12. The van der Waals surface area contributed by atoms with Gasteiger partial charge in [0.25, 0.3) is 0 Å². The number of fused-ring (bicyclic) bond motifs is 1. The van der Waals surface area contributed by atoms with Crippen LogP contribution in [0.3, 0.4) is 0 Å². The first-order chi connectivity index (χ1) is 11.0. The average Bonchev–Trinajstić information content (AvgIpc) is 2.53. The molecule has 3 N–H and O–H groups in total. The quantitative estimate of drug-likeness (QED) is 0.718. The zero-order valence-electron chi connectivity index (χ0n) is 12.2. The maximum Gasteiger partial charge on any atom is 0.345 e. The predicted octanol–water partition coefficient (Wildman–Crippen LogP) is 3.17. The number of rotatable bonds is 4. The van der Waals surface area contributed by atoms with Gasteiger partial charge in [-0.1, -0.05) is 0 Å². The van der Waals surface area contributed by atoms with Crippen LogP contribution in [0.2, 0.25) is 0 Å². The lowest BCUT2D eigenvalue weighted by Gasteiger charge is -2.28. The molecule has 23 heavy (non-hydrogen) atoms. The third-order valence-electron chi connectivity index (χ3n) is 3.91. The first-order valence-electron chi connectivity index (χ1n) is 7.30. The van der Waals surface area contributed by atoms with Gasteiger partial charge in [-0.2, -0.15) is 8.78 Å². The number of hydrogen-bond donors (Lipinski definition) is 2. The molecule has 0 aliphatic heterocycles. The molecule has 3 rings (SSSR count). The number of nitrogens with two attached hydrogens (primary N) is 1. The Hall–Kier alpha value is -1.36. The Kier molecular flexibility index (Phi) is 5.05. The summed E-state index contributed by atoms with van der Waals surface area (Å²) in [5.41, 5.74) is 6.58. The number of nitrogens with one attached hydrogen (secondary N) is 1. The van der Waals surface area contributed by atoms with Gasteiger partial charge in [0.15, 0.2) is 0 Å². The number of aromatic nitrogens is 3. The van der Waals surface area contributed by atoms with Gasteiger partial charge in [0, 0.05) is 18.4 Å². The van der Waals surface area contributed by atoms with Gasteiger partial charge < -0.3 is 15.8 Å². The van der Waals surface area contributed by atoms with E-state index in [0.29, 0.717) is 24.6 Å². The molecule has 2 aromatic rings. The molecule has 1 aliphatic rings. The van der Waals surface area contributed by atoms with E-state index in [0.717, 1.165) is 27.3 Å². The summed E-state index contributed by atoms with van der Waals surface area (Å²) in [5, 5.41) is 3.98. The Morgan fingerprint density at radius 2 is 1.96 bits per heavy atom. The van der Waals surface area contributed by atoms with Crippen LogP contribution in [-0.2, 0) is 4.74 Å². The molecule has 2 aromatic heterocycles. The Bertz CT molecular complexity index is 694. The maximum atomic E-state index is 12.2. The van der Waals surface area contributed by atoms with Gasteiger partial charge in [-0.15, -0.1) is 0 Å². The fraction of sp³-hybridized carbons (Fsp3) is 0.500. The number of alkyl halides is 2. The molecular weight excluding hydrogens is 419 g/mol. The average molecular weight is 435 g/mol. The van der Waals surface area contributed by atoms with E-state index in [2.05, 4.69) is 47.6 Å². The summed E-state index contributed by atoms with van der Waals surface area (Å²) in [7, 11) is 0. The first-order valence-corrected chi connectivity index (χ1v) is 8.37. The Balaban J connectivity index is 1.67. The highest BCUT2D eigenvalue weighted by Gasteiger charge is 2.24. The highest BCUT2D eigenvalue weighted by Crippen LogP contribution is 2.26. The molecule has 0 atom stereocenters. The van der Waals surface area contributed by atoms with Crippen LogP contribution in [0.25, 0.3) is 10.9 Å². The molecule has 2 heterocycles. The molecule has 0 spiro atoms. The number of anilines is 2. The van der Waals surface area contributed by atoms with Crippen molar-refractivity contribution in [1.82, 2.24) is 15.0 Å². The Labute approximate surface area is 145 Å². The van der Waals surface area contributed by atoms with Crippen molar-refractivity contribution in [2.75, 3.05) is 11.1 Å². The zero-order chi connectivity index (χ0) is 16.4. The highest BCUT2D eigenvalue weighted by atomic mass is 127. The Morgan fingerprint density at radius 1 is 1.22 bits per heavy atom. The normalized spacial score (nSPS) is 21.7. The van der Waals surface area contributed by atoms with Gasteiger partial charge in [0.05, 0.1) is 20.6 Å². The van der Waals surface area contributed by atoms with E-state index in [4.69, 9.17) is 5.73 Å². The van der Waals surface area contributed by atoms with Crippen molar-refractivity contribution in [2.24, 2.45) is 0 Å². The molecule has 124 valence electrons. The van der Waals surface area contributed by atoms with Gasteiger partial charge in [0.1, 0.15) is 5.82 Å². The fourth-order valence-electron chi connectivity index (χ4n) is 2.75. The molecule has 0 unspecified atom stereocenters. The molecule has 1 aliphatic carbocycles. The molecular formula is C14H16F2IN5O. The van der Waals surface area contributed by atoms with E-state index in [-0.39, 0.29) is 12.1 Å². The second-order valence-electron chi connectivity index (χ2n) is 5.46. The van der Waals surface area contributed by atoms with E-state index in [1.54, 1.807) is 12.4 Å². The van der Waals surface area contributed by atoms with Crippen LogP contribution in [0.4, 0.5) is 20.5 Å². The van der Waals surface area contributed by atoms with Crippen molar-refractivity contribution in [3.63, 3.8) is 0 Å². The van der Waals surface area contributed by atoms with Crippen LogP contribution >= 0.6 is 22.6 Å². The lowest BCUT2D eigenvalue weighted by molar-refractivity contribution is -0.169. The largest absolute Gasteiger partial charge is 0.383 e. The lowest BCUT2D eigenvalue weighted by Crippen LogP contribution is -2.31. The van der Waals surface area contributed by atoms with Crippen LogP contribution in [0.1, 0.15) is 25.7 Å². The van der Waals surface area contributed by atoms with E-state index in [1.807, 2.05) is 0 Å². The highest BCUT2D eigenvalue weighted by molar-refractivity contribution is 14.1. The van der Waals surface area contributed by atoms with Crippen molar-refractivity contribution in [2.45, 2.75) is 44.4 Å². The second-order valence-corrected chi connectivity index (χ2v) is 6.62. The van der Waals surface area contributed by atoms with Crippen molar-refractivity contribution in [3.8, 4) is 0 Å². The smallest absolute Gasteiger partial charge is 0.345 e. The second kappa shape index (κ2) is 7.04. The summed E-state index contributed by atoms with van der Waals surface area (Å²) in [6.07, 6.45) is 5.65. The molecule has 0 aromatic carbocycles. The van der Waals surface area contributed by atoms with Crippen molar-refractivity contribution < 1.29 is 13.5 Å². The minimum Gasteiger partial charge on any atom is -0.383 e. The van der Waals surface area contributed by atoms with Crippen molar-refractivity contribution in [3.05, 3.63) is 16.0 Å². The van der Waals surface area contributed by atoms with E-state index in [1.165, 1.54) is 0 Å². The summed E-state index contributed by atoms with van der Waals surface area (Å²) >= 11 is 2.15. The predicted molar refractivity (Wildman–Crippen MR) is 91.2 cm³/mol. The molecule has 1 fully saturated rings. The summed E-state index contributed by atoms with van der Waals surface area (Å²) in [5.74, 6) is 0.913. The fourth-order valence-corrected chi connectivity index (χ4v) is 3.30. The minimum absolute atomic E-state index is 0.154. The number of halogens is 3. The summed E-state index contributed by atoms with van der Waals surface area (Å²) in [4.78, 5) is 12.8. The molecule has 0 amide bonds. The van der Waals surface area contributed by atoms with Gasteiger partial charge in [-0.25, -0.2) is 15.0 Å². The van der Waals surface area contributed by atoms with Crippen LogP contribution in [-0.4, -0.2) is 33.7 Å². The van der Waals surface area contributed by atoms with Gasteiger partial charge in [-0.3, -0.25) is 0 Å². The van der Waals surface area contributed by atoms with E-state index in [9.17, 15) is 8.78 Å². The van der Waals surface area contributed by atoms with Crippen LogP contribution < -0.4 is 11.1 Å².